The van der Waals surface area contributed by atoms with Crippen molar-refractivity contribution in [2.75, 3.05) is 0 Å². The third kappa shape index (κ3) is 1.67. The standard InChI is InChI=1S/C13H8F2N2/c14-10-3-1-8(2-4-10)9-5-12-13(17-6-9)11(15)7-16-12/h1-7,16H. The molecule has 0 aliphatic heterocycles. The quantitative estimate of drug-likeness (QED) is 0.680. The Morgan fingerprint density at radius 1 is 1.00 bits per heavy atom. The molecule has 0 saturated carbocycles. The van der Waals surface area contributed by atoms with E-state index >= 15 is 0 Å². The van der Waals surface area contributed by atoms with Gasteiger partial charge >= 0.3 is 0 Å². The van der Waals surface area contributed by atoms with Crippen LogP contribution in [0, 0.1) is 11.6 Å². The van der Waals surface area contributed by atoms with E-state index in [0.29, 0.717) is 11.0 Å². The normalized spacial score (nSPS) is 10.9. The van der Waals surface area contributed by atoms with Crippen molar-refractivity contribution in [2.45, 2.75) is 0 Å². The van der Waals surface area contributed by atoms with E-state index in [-0.39, 0.29) is 11.6 Å². The predicted octanol–water partition coefficient (Wildman–Crippen LogP) is 3.51. The fraction of sp³-hybridized carbons (Fsp3) is 0. The first-order valence-electron chi connectivity index (χ1n) is 5.12. The summed E-state index contributed by atoms with van der Waals surface area (Å²) in [6.07, 6.45) is 2.85. The van der Waals surface area contributed by atoms with Crippen molar-refractivity contribution >= 4 is 11.0 Å². The maximum Gasteiger partial charge on any atom is 0.166 e. The molecule has 0 atom stereocenters. The zero-order valence-electron chi connectivity index (χ0n) is 8.74. The molecule has 0 saturated heterocycles. The lowest BCUT2D eigenvalue weighted by atomic mass is 10.1. The maximum atomic E-state index is 13.2. The molecule has 0 amide bonds. The van der Waals surface area contributed by atoms with Gasteiger partial charge in [0.2, 0.25) is 0 Å². The summed E-state index contributed by atoms with van der Waals surface area (Å²) < 4.78 is 26.0. The largest absolute Gasteiger partial charge is 0.357 e. The number of aromatic amines is 1. The van der Waals surface area contributed by atoms with Gasteiger partial charge in [-0.25, -0.2) is 8.78 Å². The third-order valence-electron chi connectivity index (χ3n) is 2.65. The highest BCUT2D eigenvalue weighted by Gasteiger charge is 2.06. The Kier molecular flexibility index (Phi) is 2.14. The van der Waals surface area contributed by atoms with Gasteiger partial charge in [0.1, 0.15) is 11.3 Å². The summed E-state index contributed by atoms with van der Waals surface area (Å²) in [6.45, 7) is 0. The molecule has 3 rings (SSSR count). The van der Waals surface area contributed by atoms with Crippen molar-refractivity contribution in [3.05, 3.63) is 54.4 Å². The fourth-order valence-electron chi connectivity index (χ4n) is 1.77. The predicted molar refractivity (Wildman–Crippen MR) is 61.4 cm³/mol. The number of pyridine rings is 1. The molecule has 84 valence electrons. The van der Waals surface area contributed by atoms with Crippen molar-refractivity contribution in [1.29, 1.82) is 0 Å². The average Bonchev–Trinajstić information content (AvgIpc) is 2.72. The van der Waals surface area contributed by atoms with Crippen LogP contribution in [0.1, 0.15) is 0 Å². The summed E-state index contributed by atoms with van der Waals surface area (Å²) in [5, 5.41) is 0. The lowest BCUT2D eigenvalue weighted by molar-refractivity contribution is 0.628. The lowest BCUT2D eigenvalue weighted by Crippen LogP contribution is -1.83. The van der Waals surface area contributed by atoms with Crippen LogP contribution in [-0.2, 0) is 0 Å². The number of rotatable bonds is 1. The smallest absolute Gasteiger partial charge is 0.166 e. The number of H-pyrrole nitrogens is 1. The summed E-state index contributed by atoms with van der Waals surface area (Å²) >= 11 is 0. The van der Waals surface area contributed by atoms with E-state index in [1.165, 1.54) is 18.3 Å². The molecular weight excluding hydrogens is 222 g/mol. The molecule has 1 aromatic carbocycles. The molecule has 0 fully saturated rings. The van der Waals surface area contributed by atoms with Gasteiger partial charge in [0.25, 0.3) is 0 Å². The molecule has 0 aliphatic rings. The molecule has 0 radical (unpaired) electrons. The van der Waals surface area contributed by atoms with Crippen molar-refractivity contribution in [1.82, 2.24) is 9.97 Å². The minimum absolute atomic E-state index is 0.284. The van der Waals surface area contributed by atoms with Crippen LogP contribution in [0.25, 0.3) is 22.2 Å². The second kappa shape index (κ2) is 3.66. The van der Waals surface area contributed by atoms with Gasteiger partial charge in [-0.15, -0.1) is 0 Å². The van der Waals surface area contributed by atoms with Crippen LogP contribution in [-0.4, -0.2) is 9.97 Å². The zero-order valence-corrected chi connectivity index (χ0v) is 8.74. The number of nitrogens with zero attached hydrogens (tertiary/aromatic N) is 1. The van der Waals surface area contributed by atoms with E-state index in [4.69, 9.17) is 0 Å². The van der Waals surface area contributed by atoms with Gasteiger partial charge in [-0.1, -0.05) is 12.1 Å². The highest BCUT2D eigenvalue weighted by atomic mass is 19.1. The first kappa shape index (κ1) is 9.96. The second-order valence-electron chi connectivity index (χ2n) is 3.76. The van der Waals surface area contributed by atoms with Gasteiger partial charge in [-0.3, -0.25) is 4.98 Å². The van der Waals surface area contributed by atoms with Gasteiger partial charge in [0.15, 0.2) is 5.82 Å². The molecule has 0 bridgehead atoms. The molecule has 0 aliphatic carbocycles. The first-order valence-corrected chi connectivity index (χ1v) is 5.12. The number of benzene rings is 1. The van der Waals surface area contributed by atoms with Crippen molar-refractivity contribution in [3.8, 4) is 11.1 Å². The van der Waals surface area contributed by atoms with Gasteiger partial charge in [-0.05, 0) is 23.8 Å². The summed E-state index contributed by atoms with van der Waals surface area (Å²) in [7, 11) is 0. The highest BCUT2D eigenvalue weighted by Crippen LogP contribution is 2.23. The van der Waals surface area contributed by atoms with E-state index in [1.807, 2.05) is 0 Å². The highest BCUT2D eigenvalue weighted by molar-refractivity contribution is 5.81. The van der Waals surface area contributed by atoms with Crippen LogP contribution in [0.5, 0.6) is 0 Å². The molecule has 0 spiro atoms. The number of halogens is 2. The van der Waals surface area contributed by atoms with Crippen molar-refractivity contribution < 1.29 is 8.78 Å². The second-order valence-corrected chi connectivity index (χ2v) is 3.76. The Balaban J connectivity index is 2.14. The molecule has 2 aromatic heterocycles. The lowest BCUT2D eigenvalue weighted by Gasteiger charge is -2.01. The topological polar surface area (TPSA) is 28.7 Å². The summed E-state index contributed by atoms with van der Waals surface area (Å²) in [5.74, 6) is -0.653. The molecule has 17 heavy (non-hydrogen) atoms. The van der Waals surface area contributed by atoms with Crippen LogP contribution < -0.4 is 0 Å². The van der Waals surface area contributed by atoms with Crippen LogP contribution in [0.4, 0.5) is 8.78 Å². The van der Waals surface area contributed by atoms with Crippen molar-refractivity contribution in [2.24, 2.45) is 0 Å². The summed E-state index contributed by atoms with van der Waals surface area (Å²) in [4.78, 5) is 6.84. The van der Waals surface area contributed by atoms with Crippen LogP contribution in [0.3, 0.4) is 0 Å². The number of hydrogen-bond acceptors (Lipinski definition) is 1. The molecule has 3 aromatic rings. The Bertz CT molecular complexity index is 671. The fourth-order valence-corrected chi connectivity index (χ4v) is 1.77. The van der Waals surface area contributed by atoms with Gasteiger partial charge in [0, 0.05) is 18.0 Å². The summed E-state index contributed by atoms with van der Waals surface area (Å²) in [6, 6.07) is 7.89. The zero-order chi connectivity index (χ0) is 11.8. The van der Waals surface area contributed by atoms with E-state index in [9.17, 15) is 8.78 Å². The van der Waals surface area contributed by atoms with E-state index in [1.54, 1.807) is 24.4 Å². The Morgan fingerprint density at radius 2 is 1.76 bits per heavy atom. The van der Waals surface area contributed by atoms with E-state index < -0.39 is 0 Å². The molecular formula is C13H8F2N2. The number of nitrogens with one attached hydrogen (secondary N) is 1. The minimum Gasteiger partial charge on any atom is -0.357 e. The Morgan fingerprint density at radius 3 is 2.53 bits per heavy atom. The molecule has 2 nitrogen and oxygen atoms in total. The Hall–Kier alpha value is -2.23. The maximum absolute atomic E-state index is 13.2. The molecule has 0 unspecified atom stereocenters. The van der Waals surface area contributed by atoms with Gasteiger partial charge in [-0.2, -0.15) is 0 Å². The Labute approximate surface area is 95.9 Å². The van der Waals surface area contributed by atoms with E-state index in [2.05, 4.69) is 9.97 Å². The van der Waals surface area contributed by atoms with Crippen LogP contribution >= 0.6 is 0 Å². The average molecular weight is 230 g/mol. The van der Waals surface area contributed by atoms with Gasteiger partial charge < -0.3 is 4.98 Å². The van der Waals surface area contributed by atoms with E-state index in [0.717, 1.165) is 11.1 Å². The first-order chi connectivity index (χ1) is 8.24. The van der Waals surface area contributed by atoms with Crippen LogP contribution in [0.2, 0.25) is 0 Å². The minimum atomic E-state index is -0.370. The number of aromatic nitrogens is 2. The molecule has 4 heteroatoms. The number of hydrogen-bond donors (Lipinski definition) is 1. The van der Waals surface area contributed by atoms with Crippen LogP contribution in [0.15, 0.2) is 42.7 Å². The van der Waals surface area contributed by atoms with Gasteiger partial charge in [0.05, 0.1) is 5.52 Å². The SMILES string of the molecule is Fc1ccc(-c2cnc3c(F)c[nH]c3c2)cc1. The number of fused-ring (bicyclic) bond motifs is 1. The summed E-state index contributed by atoms with van der Waals surface area (Å²) in [5.41, 5.74) is 2.61. The monoisotopic (exact) mass is 230 g/mol. The molecule has 2 heterocycles. The third-order valence-corrected chi connectivity index (χ3v) is 2.65. The molecule has 1 N–H and O–H groups in total. The van der Waals surface area contributed by atoms with Crippen molar-refractivity contribution in [3.63, 3.8) is 0 Å².